The fraction of sp³-hybridized carbons (Fsp3) is 0.571. The molecule has 1 fully saturated rings. The van der Waals surface area contributed by atoms with Crippen LogP contribution in [-0.4, -0.2) is 61.4 Å². The molecule has 1 N–H and O–H groups in total. The smallest absolute Gasteiger partial charge is 0.253 e. The Kier molecular flexibility index (Phi) is 6.21. The van der Waals surface area contributed by atoms with E-state index in [0.29, 0.717) is 30.9 Å². The second-order valence-electron chi connectivity index (χ2n) is 7.26. The van der Waals surface area contributed by atoms with Crippen LogP contribution in [0.5, 0.6) is 0 Å². The van der Waals surface area contributed by atoms with Gasteiger partial charge >= 0.3 is 0 Å². The van der Waals surface area contributed by atoms with Crippen molar-refractivity contribution in [2.24, 2.45) is 0 Å². The molecule has 2 heterocycles. The minimum atomic E-state index is -0.222. The Morgan fingerprint density at radius 2 is 1.89 bits per heavy atom. The molecule has 0 aliphatic carbocycles. The van der Waals surface area contributed by atoms with Crippen molar-refractivity contribution in [3.63, 3.8) is 0 Å². The molecule has 0 spiro atoms. The van der Waals surface area contributed by atoms with Crippen molar-refractivity contribution in [3.05, 3.63) is 23.8 Å². The topological polar surface area (TPSA) is 73.0 Å². The van der Waals surface area contributed by atoms with Crippen LogP contribution in [0, 0.1) is 0 Å². The normalized spacial score (nSPS) is 18.4. The number of amides is 3. The zero-order chi connectivity index (χ0) is 20.3. The van der Waals surface area contributed by atoms with Crippen LogP contribution in [0.25, 0.3) is 0 Å². The number of piperidine rings is 1. The van der Waals surface area contributed by atoms with E-state index in [2.05, 4.69) is 10.2 Å². The lowest BCUT2D eigenvalue weighted by Crippen LogP contribution is -2.57. The van der Waals surface area contributed by atoms with E-state index in [9.17, 15) is 14.4 Å². The number of hydrogen-bond donors (Lipinski definition) is 1. The summed E-state index contributed by atoms with van der Waals surface area (Å²) in [7, 11) is 0. The summed E-state index contributed by atoms with van der Waals surface area (Å²) < 4.78 is 0. The van der Waals surface area contributed by atoms with Gasteiger partial charge in [-0.1, -0.05) is 0 Å². The van der Waals surface area contributed by atoms with Gasteiger partial charge < -0.3 is 15.1 Å². The highest BCUT2D eigenvalue weighted by molar-refractivity contribution is 6.09. The summed E-state index contributed by atoms with van der Waals surface area (Å²) in [6, 6.07) is 5.32. The minimum absolute atomic E-state index is 0.0209. The first-order valence-corrected chi connectivity index (χ1v) is 10.3. The Morgan fingerprint density at radius 1 is 1.14 bits per heavy atom. The molecule has 3 rings (SSSR count). The number of benzene rings is 1. The van der Waals surface area contributed by atoms with E-state index >= 15 is 0 Å². The molecule has 0 unspecified atom stereocenters. The van der Waals surface area contributed by atoms with Crippen molar-refractivity contribution in [3.8, 4) is 0 Å². The maximum atomic E-state index is 13.2. The van der Waals surface area contributed by atoms with Crippen molar-refractivity contribution in [1.82, 2.24) is 10.2 Å². The number of carbonyl (C=O) groups is 3. The fourth-order valence-corrected chi connectivity index (χ4v) is 4.14. The molecule has 1 aromatic rings. The Labute approximate surface area is 166 Å². The number of nitrogens with zero attached hydrogens (tertiary/aromatic N) is 3. The standard InChI is InChI=1S/C21H30N4O3/c1-4-22-19(26)14-25-18-13-15(20(27)23(5-2)6-3)10-11-16(18)24-12-8-7-9-17(24)21(25)28/h10-11,13,17H,4-9,12,14H2,1-3H3,(H,22,26)/t17-/m1/s1. The third-order valence-corrected chi connectivity index (χ3v) is 5.60. The summed E-state index contributed by atoms with van der Waals surface area (Å²) in [6.45, 7) is 8.32. The lowest BCUT2D eigenvalue weighted by Gasteiger charge is -2.45. The lowest BCUT2D eigenvalue weighted by atomic mass is 9.95. The molecule has 1 atom stereocenters. The molecule has 152 valence electrons. The van der Waals surface area contributed by atoms with Gasteiger partial charge in [-0.15, -0.1) is 0 Å². The van der Waals surface area contributed by atoms with Crippen molar-refractivity contribution < 1.29 is 14.4 Å². The van der Waals surface area contributed by atoms with E-state index in [1.54, 1.807) is 15.9 Å². The molecule has 3 amide bonds. The van der Waals surface area contributed by atoms with Crippen molar-refractivity contribution >= 4 is 29.1 Å². The van der Waals surface area contributed by atoms with E-state index < -0.39 is 0 Å². The van der Waals surface area contributed by atoms with Crippen LogP contribution in [0.1, 0.15) is 50.4 Å². The highest BCUT2D eigenvalue weighted by Crippen LogP contribution is 2.40. The first-order chi connectivity index (χ1) is 13.5. The molecule has 2 aliphatic rings. The van der Waals surface area contributed by atoms with Crippen LogP contribution in [0.15, 0.2) is 18.2 Å². The number of fused-ring (bicyclic) bond motifs is 3. The average molecular weight is 386 g/mol. The van der Waals surface area contributed by atoms with Crippen LogP contribution in [-0.2, 0) is 9.59 Å². The molecule has 7 heteroatoms. The Morgan fingerprint density at radius 3 is 2.57 bits per heavy atom. The predicted octanol–water partition coefficient (Wildman–Crippen LogP) is 2.01. The third-order valence-electron chi connectivity index (χ3n) is 5.60. The predicted molar refractivity (Wildman–Crippen MR) is 110 cm³/mol. The molecule has 28 heavy (non-hydrogen) atoms. The van der Waals surface area contributed by atoms with E-state index in [1.165, 1.54) is 0 Å². The molecule has 0 aromatic heterocycles. The van der Waals surface area contributed by atoms with E-state index in [-0.39, 0.29) is 30.3 Å². The van der Waals surface area contributed by atoms with E-state index in [0.717, 1.165) is 31.5 Å². The van der Waals surface area contributed by atoms with Gasteiger partial charge in [-0.05, 0) is 58.2 Å². The monoisotopic (exact) mass is 386 g/mol. The first-order valence-electron chi connectivity index (χ1n) is 10.3. The van der Waals surface area contributed by atoms with Gasteiger partial charge in [0, 0.05) is 31.7 Å². The molecule has 1 aromatic carbocycles. The van der Waals surface area contributed by atoms with Gasteiger partial charge in [0.25, 0.3) is 5.91 Å². The van der Waals surface area contributed by atoms with Crippen LogP contribution in [0.4, 0.5) is 11.4 Å². The summed E-state index contributed by atoms with van der Waals surface area (Å²) in [4.78, 5) is 43.7. The number of rotatable bonds is 6. The summed E-state index contributed by atoms with van der Waals surface area (Å²) in [5, 5.41) is 2.77. The van der Waals surface area contributed by atoms with Crippen LogP contribution in [0.2, 0.25) is 0 Å². The lowest BCUT2D eigenvalue weighted by molar-refractivity contribution is -0.124. The van der Waals surface area contributed by atoms with Gasteiger partial charge in [0.2, 0.25) is 11.8 Å². The zero-order valence-corrected chi connectivity index (χ0v) is 17.0. The minimum Gasteiger partial charge on any atom is -0.358 e. The molecule has 0 saturated carbocycles. The number of anilines is 2. The second kappa shape index (κ2) is 8.63. The second-order valence-corrected chi connectivity index (χ2v) is 7.26. The van der Waals surface area contributed by atoms with Gasteiger partial charge in [-0.2, -0.15) is 0 Å². The van der Waals surface area contributed by atoms with Gasteiger partial charge in [-0.3, -0.25) is 19.3 Å². The SMILES string of the molecule is CCNC(=O)CN1C(=O)[C@H]2CCCCN2c2ccc(C(=O)N(CC)CC)cc21. The molecular formula is C21H30N4O3. The first kappa shape index (κ1) is 20.2. The van der Waals surface area contributed by atoms with Gasteiger partial charge in [0.05, 0.1) is 11.4 Å². The van der Waals surface area contributed by atoms with Crippen molar-refractivity contribution in [2.75, 3.05) is 42.5 Å². The molecule has 0 radical (unpaired) electrons. The molecule has 7 nitrogen and oxygen atoms in total. The van der Waals surface area contributed by atoms with Gasteiger partial charge in [-0.25, -0.2) is 0 Å². The highest BCUT2D eigenvalue weighted by Gasteiger charge is 2.40. The van der Waals surface area contributed by atoms with E-state index in [1.807, 2.05) is 32.9 Å². The largest absolute Gasteiger partial charge is 0.358 e. The Hall–Kier alpha value is -2.57. The number of hydrogen-bond acceptors (Lipinski definition) is 4. The Bertz CT molecular complexity index is 760. The van der Waals surface area contributed by atoms with E-state index in [4.69, 9.17) is 0 Å². The van der Waals surface area contributed by atoms with Crippen LogP contribution >= 0.6 is 0 Å². The summed E-state index contributed by atoms with van der Waals surface area (Å²) in [5.74, 6) is -0.295. The zero-order valence-electron chi connectivity index (χ0n) is 17.0. The maximum absolute atomic E-state index is 13.2. The maximum Gasteiger partial charge on any atom is 0.253 e. The summed E-state index contributed by atoms with van der Waals surface area (Å²) in [5.41, 5.74) is 2.14. The molecular weight excluding hydrogens is 356 g/mol. The van der Waals surface area contributed by atoms with Crippen LogP contribution < -0.4 is 15.1 Å². The molecule has 0 bridgehead atoms. The third kappa shape index (κ3) is 3.70. The summed E-state index contributed by atoms with van der Waals surface area (Å²) in [6.07, 6.45) is 2.85. The summed E-state index contributed by atoms with van der Waals surface area (Å²) >= 11 is 0. The molecule has 1 saturated heterocycles. The van der Waals surface area contributed by atoms with Crippen molar-refractivity contribution in [1.29, 1.82) is 0 Å². The average Bonchev–Trinajstić information content (AvgIpc) is 2.71. The number of nitrogens with one attached hydrogen (secondary N) is 1. The van der Waals surface area contributed by atoms with Crippen LogP contribution in [0.3, 0.4) is 0 Å². The fourth-order valence-electron chi connectivity index (χ4n) is 4.14. The van der Waals surface area contributed by atoms with Crippen molar-refractivity contribution in [2.45, 2.75) is 46.1 Å². The van der Waals surface area contributed by atoms with Gasteiger partial charge in [0.1, 0.15) is 12.6 Å². The number of likely N-dealkylation sites (N-methyl/N-ethyl adjacent to an activating group) is 1. The quantitative estimate of drug-likeness (QED) is 0.812. The Balaban J connectivity index is 2.02. The molecule has 2 aliphatic heterocycles. The highest BCUT2D eigenvalue weighted by atomic mass is 16.2. The number of carbonyl (C=O) groups excluding carboxylic acids is 3. The van der Waals surface area contributed by atoms with Gasteiger partial charge in [0.15, 0.2) is 0 Å².